The van der Waals surface area contributed by atoms with Gasteiger partial charge in [0.2, 0.25) is 5.91 Å². The Bertz CT molecular complexity index is 832. The number of benzene rings is 2. The highest BCUT2D eigenvalue weighted by atomic mass is 19.1. The van der Waals surface area contributed by atoms with Gasteiger partial charge in [0, 0.05) is 18.7 Å². The molecule has 0 unspecified atom stereocenters. The number of hydrogen-bond acceptors (Lipinski definition) is 2. The highest BCUT2D eigenvalue weighted by molar-refractivity contribution is 6.05. The molecule has 2 amide bonds. The van der Waals surface area contributed by atoms with Crippen molar-refractivity contribution in [2.75, 3.05) is 16.8 Å². The zero-order chi connectivity index (χ0) is 16.0. The molecule has 0 atom stereocenters. The Morgan fingerprint density at radius 3 is 2.61 bits per heavy atom. The molecule has 4 nitrogen and oxygen atoms in total. The Kier molecular flexibility index (Phi) is 3.15. The molecule has 0 radical (unpaired) electrons. The molecule has 0 saturated carbocycles. The van der Waals surface area contributed by atoms with E-state index in [1.165, 1.54) is 12.1 Å². The summed E-state index contributed by atoms with van der Waals surface area (Å²) < 4.78 is 13.7. The maximum absolute atomic E-state index is 13.7. The Morgan fingerprint density at radius 2 is 1.83 bits per heavy atom. The van der Waals surface area contributed by atoms with Gasteiger partial charge in [0.15, 0.2) is 0 Å². The predicted molar refractivity (Wildman–Crippen MR) is 85.2 cm³/mol. The van der Waals surface area contributed by atoms with Crippen LogP contribution in [0.2, 0.25) is 0 Å². The van der Waals surface area contributed by atoms with Crippen molar-refractivity contribution in [3.8, 4) is 0 Å². The number of aryl methyl sites for hydroxylation is 1. The summed E-state index contributed by atoms with van der Waals surface area (Å²) in [6.07, 6.45) is 1.97. The molecule has 1 N–H and O–H groups in total. The highest BCUT2D eigenvalue weighted by Crippen LogP contribution is 2.38. The molecule has 0 spiro atoms. The van der Waals surface area contributed by atoms with Crippen LogP contribution in [0.1, 0.15) is 27.9 Å². The Hall–Kier alpha value is -2.69. The van der Waals surface area contributed by atoms with Crippen LogP contribution in [-0.4, -0.2) is 18.4 Å². The molecule has 0 fully saturated rings. The monoisotopic (exact) mass is 310 g/mol. The van der Waals surface area contributed by atoms with Gasteiger partial charge in [-0.1, -0.05) is 12.1 Å². The number of anilines is 2. The van der Waals surface area contributed by atoms with E-state index in [0.29, 0.717) is 25.1 Å². The summed E-state index contributed by atoms with van der Waals surface area (Å²) in [4.78, 5) is 26.0. The number of carbonyl (C=O) groups excluding carboxylic acids is 2. The fourth-order valence-corrected chi connectivity index (χ4v) is 3.37. The summed E-state index contributed by atoms with van der Waals surface area (Å²) in [5.74, 6) is -0.833. The first kappa shape index (κ1) is 13.9. The molecule has 23 heavy (non-hydrogen) atoms. The maximum Gasteiger partial charge on any atom is 0.258 e. The summed E-state index contributed by atoms with van der Waals surface area (Å²) in [6, 6.07) is 9.69. The average molecular weight is 310 g/mol. The van der Waals surface area contributed by atoms with Crippen LogP contribution in [0.15, 0.2) is 36.4 Å². The van der Waals surface area contributed by atoms with E-state index in [-0.39, 0.29) is 11.5 Å². The molecule has 0 aliphatic carbocycles. The summed E-state index contributed by atoms with van der Waals surface area (Å²) in [6.45, 7) is 0.700. The largest absolute Gasteiger partial charge is 0.322 e. The number of amides is 2. The smallest absolute Gasteiger partial charge is 0.258 e. The second kappa shape index (κ2) is 5.19. The van der Waals surface area contributed by atoms with Crippen molar-refractivity contribution in [1.29, 1.82) is 0 Å². The zero-order valence-corrected chi connectivity index (χ0v) is 12.4. The van der Waals surface area contributed by atoms with Crippen LogP contribution in [0.25, 0.3) is 0 Å². The van der Waals surface area contributed by atoms with Crippen LogP contribution < -0.4 is 10.2 Å². The van der Waals surface area contributed by atoms with Crippen LogP contribution in [-0.2, 0) is 17.6 Å². The lowest BCUT2D eigenvalue weighted by atomic mass is 9.98. The van der Waals surface area contributed by atoms with Crippen molar-refractivity contribution in [1.82, 2.24) is 0 Å². The minimum atomic E-state index is -0.538. The molecule has 116 valence electrons. The fourth-order valence-electron chi connectivity index (χ4n) is 3.37. The van der Waals surface area contributed by atoms with E-state index < -0.39 is 11.7 Å². The molecule has 2 aliphatic rings. The first-order valence-corrected chi connectivity index (χ1v) is 7.65. The third-order valence-corrected chi connectivity index (χ3v) is 4.43. The quantitative estimate of drug-likeness (QED) is 0.927. The van der Waals surface area contributed by atoms with Crippen molar-refractivity contribution in [2.45, 2.75) is 19.3 Å². The summed E-state index contributed by atoms with van der Waals surface area (Å²) in [5.41, 5.74) is 3.83. The lowest BCUT2D eigenvalue weighted by Gasteiger charge is -2.25. The first-order valence-electron chi connectivity index (χ1n) is 7.65. The number of rotatable bonds is 2. The second-order valence-corrected chi connectivity index (χ2v) is 5.87. The molecule has 2 aromatic rings. The van der Waals surface area contributed by atoms with Gasteiger partial charge in [-0.05, 0) is 48.2 Å². The van der Waals surface area contributed by atoms with E-state index in [1.807, 2.05) is 17.0 Å². The molecule has 4 rings (SSSR count). The molecular weight excluding hydrogens is 295 g/mol. The fraction of sp³-hybridized carbons (Fsp3) is 0.222. The molecule has 0 aromatic heterocycles. The molecule has 2 aliphatic heterocycles. The topological polar surface area (TPSA) is 49.4 Å². The zero-order valence-electron chi connectivity index (χ0n) is 12.4. The van der Waals surface area contributed by atoms with Crippen molar-refractivity contribution in [3.63, 3.8) is 0 Å². The second-order valence-electron chi connectivity index (χ2n) is 5.87. The summed E-state index contributed by atoms with van der Waals surface area (Å²) in [7, 11) is 0. The van der Waals surface area contributed by atoms with Crippen LogP contribution in [0.4, 0.5) is 15.8 Å². The average Bonchev–Trinajstić information content (AvgIpc) is 2.96. The number of nitrogens with one attached hydrogen (secondary N) is 1. The van der Waals surface area contributed by atoms with Gasteiger partial charge >= 0.3 is 0 Å². The van der Waals surface area contributed by atoms with Gasteiger partial charge in [0.25, 0.3) is 5.91 Å². The third kappa shape index (κ3) is 2.29. The number of carbonyl (C=O) groups is 2. The van der Waals surface area contributed by atoms with Crippen molar-refractivity contribution >= 4 is 23.2 Å². The van der Waals surface area contributed by atoms with Crippen molar-refractivity contribution in [2.24, 2.45) is 0 Å². The molecular formula is C18H15FN2O2. The van der Waals surface area contributed by atoms with Gasteiger partial charge in [-0.3, -0.25) is 9.59 Å². The lowest BCUT2D eigenvalue weighted by molar-refractivity contribution is -0.118. The van der Waals surface area contributed by atoms with Crippen LogP contribution in [0, 0.1) is 5.82 Å². The van der Waals surface area contributed by atoms with Gasteiger partial charge in [-0.25, -0.2) is 4.39 Å². The first-order chi connectivity index (χ1) is 11.1. The van der Waals surface area contributed by atoms with Gasteiger partial charge in [0.05, 0.1) is 11.3 Å². The SMILES string of the molecule is O=C(Nc1cc2c3c(c1)CCN3C(=O)CC2)c1ccccc1F. The Labute approximate surface area is 132 Å². The molecule has 0 bridgehead atoms. The van der Waals surface area contributed by atoms with E-state index >= 15 is 0 Å². The van der Waals surface area contributed by atoms with E-state index in [1.54, 1.807) is 12.1 Å². The highest BCUT2D eigenvalue weighted by Gasteiger charge is 2.31. The number of nitrogens with zero attached hydrogens (tertiary/aromatic N) is 1. The third-order valence-electron chi connectivity index (χ3n) is 4.43. The van der Waals surface area contributed by atoms with Crippen LogP contribution >= 0.6 is 0 Å². The van der Waals surface area contributed by atoms with Gasteiger partial charge in [-0.15, -0.1) is 0 Å². The number of hydrogen-bond donors (Lipinski definition) is 1. The van der Waals surface area contributed by atoms with E-state index in [9.17, 15) is 14.0 Å². The predicted octanol–water partition coefficient (Wildman–Crippen LogP) is 2.91. The van der Waals surface area contributed by atoms with Crippen molar-refractivity contribution in [3.05, 3.63) is 58.9 Å². The van der Waals surface area contributed by atoms with Gasteiger partial charge < -0.3 is 10.2 Å². The van der Waals surface area contributed by atoms with Gasteiger partial charge in [-0.2, -0.15) is 0 Å². The van der Waals surface area contributed by atoms with Crippen LogP contribution in [0.5, 0.6) is 0 Å². The normalized spacial score (nSPS) is 15.5. The Balaban J connectivity index is 1.66. The molecule has 0 saturated heterocycles. The standard InChI is InChI=1S/C18H15FN2O2/c19-15-4-2-1-3-14(15)18(23)20-13-9-11-5-6-16(22)21-8-7-12(10-13)17(11)21/h1-4,9-10H,5-8H2,(H,20,23). The van der Waals surface area contributed by atoms with Gasteiger partial charge in [0.1, 0.15) is 5.82 Å². The Morgan fingerprint density at radius 1 is 1.09 bits per heavy atom. The maximum atomic E-state index is 13.7. The molecule has 5 heteroatoms. The van der Waals surface area contributed by atoms with Crippen molar-refractivity contribution < 1.29 is 14.0 Å². The summed E-state index contributed by atoms with van der Waals surface area (Å²) >= 11 is 0. The summed E-state index contributed by atoms with van der Waals surface area (Å²) in [5, 5.41) is 2.77. The van der Waals surface area contributed by atoms with E-state index in [4.69, 9.17) is 0 Å². The minimum absolute atomic E-state index is 0.0263. The minimum Gasteiger partial charge on any atom is -0.322 e. The van der Waals surface area contributed by atoms with E-state index in [2.05, 4.69) is 5.32 Å². The lowest BCUT2D eigenvalue weighted by Crippen LogP contribution is -2.32. The number of halogens is 1. The van der Waals surface area contributed by atoms with Crippen LogP contribution in [0.3, 0.4) is 0 Å². The molecule has 2 heterocycles. The molecule has 2 aromatic carbocycles. The van der Waals surface area contributed by atoms with E-state index in [0.717, 1.165) is 23.2 Å².